The summed E-state index contributed by atoms with van der Waals surface area (Å²) >= 11 is 0. The van der Waals surface area contributed by atoms with E-state index in [1.165, 1.54) is 19.9 Å². The molecule has 0 saturated carbocycles. The minimum absolute atomic E-state index is 0.0632. The standard InChI is InChI=1S/C13H14O6S2/c1-7-4-5-10-8(2)9(3)12(20(14,15)16)6-11(10)13(7)21(17,18)19/h4-6H,1-3H3,(H,14,15,16)(H,17,18,19). The van der Waals surface area contributed by atoms with Crippen molar-refractivity contribution >= 4 is 31.0 Å². The molecule has 0 unspecified atom stereocenters. The van der Waals surface area contributed by atoms with Crippen molar-refractivity contribution in [2.24, 2.45) is 0 Å². The van der Waals surface area contributed by atoms with E-state index in [0.29, 0.717) is 16.5 Å². The fourth-order valence-corrected chi connectivity index (χ4v) is 4.14. The van der Waals surface area contributed by atoms with Crippen LogP contribution in [0.2, 0.25) is 0 Å². The fraction of sp³-hybridized carbons (Fsp3) is 0.231. The molecule has 0 amide bonds. The van der Waals surface area contributed by atoms with Gasteiger partial charge in [-0.1, -0.05) is 12.1 Å². The summed E-state index contributed by atoms with van der Waals surface area (Å²) < 4.78 is 64.7. The molecule has 0 heterocycles. The topological polar surface area (TPSA) is 109 Å². The van der Waals surface area contributed by atoms with Crippen molar-refractivity contribution in [3.05, 3.63) is 34.9 Å². The lowest BCUT2D eigenvalue weighted by atomic mass is 9.99. The number of hydrogen-bond acceptors (Lipinski definition) is 4. The monoisotopic (exact) mass is 330 g/mol. The zero-order chi connectivity index (χ0) is 16.2. The third kappa shape index (κ3) is 2.67. The van der Waals surface area contributed by atoms with Gasteiger partial charge in [-0.15, -0.1) is 0 Å². The second-order valence-corrected chi connectivity index (χ2v) is 7.63. The summed E-state index contributed by atoms with van der Waals surface area (Å²) in [6.45, 7) is 4.63. The summed E-state index contributed by atoms with van der Waals surface area (Å²) in [5.74, 6) is 0. The van der Waals surface area contributed by atoms with Crippen LogP contribution in [0.4, 0.5) is 0 Å². The summed E-state index contributed by atoms with van der Waals surface area (Å²) in [4.78, 5) is -0.726. The number of aryl methyl sites for hydroxylation is 2. The summed E-state index contributed by atoms with van der Waals surface area (Å²) in [7, 11) is -9.03. The first-order chi connectivity index (χ1) is 9.44. The first-order valence-electron chi connectivity index (χ1n) is 5.93. The van der Waals surface area contributed by atoms with Crippen molar-refractivity contribution < 1.29 is 25.9 Å². The van der Waals surface area contributed by atoms with Gasteiger partial charge in [-0.2, -0.15) is 16.8 Å². The van der Waals surface area contributed by atoms with Crippen LogP contribution in [0.5, 0.6) is 0 Å². The van der Waals surface area contributed by atoms with Gasteiger partial charge in [0.05, 0.1) is 4.90 Å². The SMILES string of the molecule is Cc1ccc2c(C)c(C)c(S(=O)(=O)O)cc2c1S(=O)(=O)O. The summed E-state index contributed by atoms with van der Waals surface area (Å²) in [5, 5.41) is 0.561. The maximum Gasteiger partial charge on any atom is 0.295 e. The average molecular weight is 330 g/mol. The van der Waals surface area contributed by atoms with Crippen LogP contribution in [0, 0.1) is 20.8 Å². The molecule has 2 rings (SSSR count). The highest BCUT2D eigenvalue weighted by Gasteiger charge is 2.23. The van der Waals surface area contributed by atoms with E-state index < -0.39 is 20.2 Å². The molecule has 0 atom stereocenters. The van der Waals surface area contributed by atoms with Crippen molar-refractivity contribution in [3.63, 3.8) is 0 Å². The van der Waals surface area contributed by atoms with Gasteiger partial charge in [0.2, 0.25) is 0 Å². The van der Waals surface area contributed by atoms with Crippen LogP contribution < -0.4 is 0 Å². The molecule has 0 aliphatic rings. The molecule has 6 nitrogen and oxygen atoms in total. The maximum absolute atomic E-state index is 11.6. The third-order valence-corrected chi connectivity index (χ3v) is 5.58. The van der Waals surface area contributed by atoms with Crippen LogP contribution >= 0.6 is 0 Å². The number of fused-ring (bicyclic) bond motifs is 1. The first-order valence-corrected chi connectivity index (χ1v) is 8.81. The van der Waals surface area contributed by atoms with Gasteiger partial charge in [0.25, 0.3) is 20.2 Å². The smallest absolute Gasteiger partial charge is 0.282 e. The molecule has 0 spiro atoms. The highest BCUT2D eigenvalue weighted by molar-refractivity contribution is 7.86. The molecule has 114 valence electrons. The van der Waals surface area contributed by atoms with Crippen molar-refractivity contribution in [2.75, 3.05) is 0 Å². The molecule has 2 N–H and O–H groups in total. The van der Waals surface area contributed by atoms with Crippen LogP contribution in [-0.2, 0) is 20.2 Å². The Bertz CT molecular complexity index is 956. The molecular weight excluding hydrogens is 316 g/mol. The van der Waals surface area contributed by atoms with Gasteiger partial charge >= 0.3 is 0 Å². The lowest BCUT2D eigenvalue weighted by Crippen LogP contribution is -2.06. The van der Waals surface area contributed by atoms with Gasteiger partial charge in [-0.3, -0.25) is 9.11 Å². The number of rotatable bonds is 2. The Morgan fingerprint density at radius 2 is 1.38 bits per heavy atom. The quantitative estimate of drug-likeness (QED) is 0.818. The number of hydrogen-bond donors (Lipinski definition) is 2. The van der Waals surface area contributed by atoms with E-state index in [9.17, 15) is 25.9 Å². The van der Waals surface area contributed by atoms with Crippen LogP contribution in [0.3, 0.4) is 0 Å². The van der Waals surface area contributed by atoms with E-state index in [4.69, 9.17) is 0 Å². The molecule has 0 aliphatic heterocycles. The zero-order valence-electron chi connectivity index (χ0n) is 11.6. The van der Waals surface area contributed by atoms with Crippen molar-refractivity contribution in [1.82, 2.24) is 0 Å². The molecule has 8 heteroatoms. The van der Waals surface area contributed by atoms with E-state index in [1.54, 1.807) is 13.0 Å². The molecule has 2 aromatic rings. The summed E-state index contributed by atoms with van der Waals surface area (Å²) in [6, 6.07) is 4.25. The molecule has 0 saturated heterocycles. The summed E-state index contributed by atoms with van der Waals surface area (Å²) in [5.41, 5.74) is 1.13. The first kappa shape index (κ1) is 15.9. The Morgan fingerprint density at radius 3 is 1.86 bits per heavy atom. The zero-order valence-corrected chi connectivity index (χ0v) is 13.2. The second kappa shape index (κ2) is 4.77. The second-order valence-electron chi connectivity index (χ2n) is 4.88. The largest absolute Gasteiger partial charge is 0.295 e. The Kier molecular flexibility index (Phi) is 3.61. The molecule has 2 aromatic carbocycles. The lowest BCUT2D eigenvalue weighted by molar-refractivity contribution is 0.479. The molecule has 21 heavy (non-hydrogen) atoms. The summed E-state index contributed by atoms with van der Waals surface area (Å²) in [6.07, 6.45) is 0. The molecule has 0 fully saturated rings. The van der Waals surface area contributed by atoms with E-state index in [-0.39, 0.29) is 20.7 Å². The van der Waals surface area contributed by atoms with Gasteiger partial charge in [0.15, 0.2) is 0 Å². The highest BCUT2D eigenvalue weighted by atomic mass is 32.2. The predicted octanol–water partition coefficient (Wildman–Crippen LogP) is 2.26. The van der Waals surface area contributed by atoms with Crippen LogP contribution in [0.1, 0.15) is 16.7 Å². The molecule has 0 bridgehead atoms. The average Bonchev–Trinajstić information content (AvgIpc) is 2.30. The lowest BCUT2D eigenvalue weighted by Gasteiger charge is -2.14. The van der Waals surface area contributed by atoms with Crippen LogP contribution in [-0.4, -0.2) is 25.9 Å². The minimum atomic E-state index is -4.53. The fourth-order valence-electron chi connectivity index (χ4n) is 2.42. The van der Waals surface area contributed by atoms with Gasteiger partial charge in [0.1, 0.15) is 4.90 Å². The van der Waals surface area contributed by atoms with E-state index in [0.717, 1.165) is 6.07 Å². The molecule has 0 aliphatic carbocycles. The number of benzene rings is 2. The molecular formula is C13H14O6S2. The highest BCUT2D eigenvalue weighted by Crippen LogP contribution is 2.33. The maximum atomic E-state index is 11.6. The van der Waals surface area contributed by atoms with Crippen molar-refractivity contribution in [1.29, 1.82) is 0 Å². The van der Waals surface area contributed by atoms with Crippen molar-refractivity contribution in [3.8, 4) is 0 Å². The van der Waals surface area contributed by atoms with Crippen LogP contribution in [0.25, 0.3) is 10.8 Å². The Labute approximate surface area is 122 Å². The van der Waals surface area contributed by atoms with Gasteiger partial charge in [-0.05, 0) is 48.9 Å². The van der Waals surface area contributed by atoms with E-state index in [1.807, 2.05) is 0 Å². The van der Waals surface area contributed by atoms with E-state index in [2.05, 4.69) is 0 Å². The predicted molar refractivity (Wildman–Crippen MR) is 77.8 cm³/mol. The Morgan fingerprint density at radius 1 is 0.810 bits per heavy atom. The minimum Gasteiger partial charge on any atom is -0.282 e. The van der Waals surface area contributed by atoms with Gasteiger partial charge in [-0.25, -0.2) is 0 Å². The normalized spacial score (nSPS) is 12.8. The molecule has 0 aromatic heterocycles. The Hall–Kier alpha value is -1.48. The third-order valence-electron chi connectivity index (χ3n) is 3.54. The molecule has 0 radical (unpaired) electrons. The van der Waals surface area contributed by atoms with Crippen molar-refractivity contribution in [2.45, 2.75) is 30.6 Å². The van der Waals surface area contributed by atoms with E-state index >= 15 is 0 Å². The van der Waals surface area contributed by atoms with Gasteiger partial charge < -0.3 is 0 Å². The Balaban J connectivity index is 3.16. The van der Waals surface area contributed by atoms with Crippen LogP contribution in [0.15, 0.2) is 28.0 Å². The van der Waals surface area contributed by atoms with Gasteiger partial charge in [0, 0.05) is 5.39 Å².